The monoisotopic (exact) mass is 436 g/mol. The van der Waals surface area contributed by atoms with Gasteiger partial charge < -0.3 is 9.88 Å². The van der Waals surface area contributed by atoms with Crippen LogP contribution < -0.4 is 5.32 Å². The Balaban J connectivity index is 1.71. The number of fused-ring (bicyclic) bond motifs is 1. The number of rotatable bonds is 5. The molecule has 4 rings (SSSR count). The van der Waals surface area contributed by atoms with Gasteiger partial charge in [0.25, 0.3) is 11.7 Å². The lowest BCUT2D eigenvalue weighted by Crippen LogP contribution is -2.23. The number of carbonyl (C=O) groups excluding carboxylic acids is 2. The van der Waals surface area contributed by atoms with E-state index in [0.29, 0.717) is 27.8 Å². The lowest BCUT2D eigenvalue weighted by atomic mass is 10.1. The van der Waals surface area contributed by atoms with Crippen LogP contribution in [0, 0.1) is 6.92 Å². The van der Waals surface area contributed by atoms with E-state index in [0.717, 1.165) is 22.2 Å². The Morgan fingerprint density at radius 3 is 2.37 bits per heavy atom. The van der Waals surface area contributed by atoms with Crippen molar-refractivity contribution in [1.82, 2.24) is 4.57 Å². The van der Waals surface area contributed by atoms with E-state index in [4.69, 9.17) is 23.2 Å². The molecule has 0 saturated carbocycles. The van der Waals surface area contributed by atoms with E-state index >= 15 is 0 Å². The summed E-state index contributed by atoms with van der Waals surface area (Å²) in [5, 5.41) is 4.54. The molecule has 0 bridgehead atoms. The lowest BCUT2D eigenvalue weighted by Gasteiger charge is -2.09. The number of aromatic nitrogens is 1. The summed E-state index contributed by atoms with van der Waals surface area (Å²) in [5.41, 5.74) is 3.55. The molecule has 4 aromatic rings. The molecule has 0 aliphatic heterocycles. The SMILES string of the molecule is Cc1c(C(=O)C(=O)Nc2cccc(Cl)c2)c2ccccc2n1Cc1ccc(Cl)cc1. The average molecular weight is 437 g/mol. The molecule has 0 atom stereocenters. The Morgan fingerprint density at radius 2 is 1.63 bits per heavy atom. The van der Waals surface area contributed by atoms with Crippen molar-refractivity contribution in [3.8, 4) is 0 Å². The predicted molar refractivity (Wildman–Crippen MR) is 122 cm³/mol. The van der Waals surface area contributed by atoms with Crippen LogP contribution in [0.2, 0.25) is 10.0 Å². The van der Waals surface area contributed by atoms with Crippen LogP contribution in [0.1, 0.15) is 21.6 Å². The van der Waals surface area contributed by atoms with Gasteiger partial charge in [0, 0.05) is 38.9 Å². The summed E-state index contributed by atoms with van der Waals surface area (Å²) in [4.78, 5) is 25.8. The number of ketones is 1. The Bertz CT molecular complexity index is 1260. The van der Waals surface area contributed by atoms with Crippen molar-refractivity contribution in [2.45, 2.75) is 13.5 Å². The first-order valence-electron chi connectivity index (χ1n) is 9.37. The summed E-state index contributed by atoms with van der Waals surface area (Å²) in [6, 6.07) is 21.9. The van der Waals surface area contributed by atoms with Gasteiger partial charge in [0.05, 0.1) is 5.56 Å². The number of nitrogens with one attached hydrogen (secondary N) is 1. The molecule has 3 aromatic carbocycles. The third kappa shape index (κ3) is 3.97. The smallest absolute Gasteiger partial charge is 0.296 e. The minimum absolute atomic E-state index is 0.402. The lowest BCUT2D eigenvalue weighted by molar-refractivity contribution is -0.112. The van der Waals surface area contributed by atoms with Gasteiger partial charge in [-0.1, -0.05) is 59.6 Å². The summed E-state index contributed by atoms with van der Waals surface area (Å²) in [6.07, 6.45) is 0. The van der Waals surface area contributed by atoms with Crippen LogP contribution in [0.3, 0.4) is 0 Å². The van der Waals surface area contributed by atoms with Crippen LogP contribution in [0.25, 0.3) is 10.9 Å². The molecule has 6 heteroatoms. The Hall–Kier alpha value is -3.08. The number of nitrogens with zero attached hydrogens (tertiary/aromatic N) is 1. The average Bonchev–Trinajstić information content (AvgIpc) is 3.00. The number of halogens is 2. The fourth-order valence-electron chi connectivity index (χ4n) is 3.56. The zero-order valence-corrected chi connectivity index (χ0v) is 17.7. The van der Waals surface area contributed by atoms with E-state index in [-0.39, 0.29) is 0 Å². The molecule has 1 heterocycles. The second-order valence-electron chi connectivity index (χ2n) is 6.98. The van der Waals surface area contributed by atoms with Crippen LogP contribution in [-0.2, 0) is 11.3 Å². The zero-order chi connectivity index (χ0) is 21.3. The molecule has 1 aromatic heterocycles. The van der Waals surface area contributed by atoms with E-state index in [1.807, 2.05) is 60.0 Å². The maximum Gasteiger partial charge on any atom is 0.296 e. The van der Waals surface area contributed by atoms with Gasteiger partial charge in [0.2, 0.25) is 0 Å². The van der Waals surface area contributed by atoms with Gasteiger partial charge in [-0.15, -0.1) is 0 Å². The summed E-state index contributed by atoms with van der Waals surface area (Å²) in [7, 11) is 0. The molecule has 30 heavy (non-hydrogen) atoms. The third-order valence-electron chi connectivity index (χ3n) is 5.00. The molecule has 0 fully saturated rings. The summed E-state index contributed by atoms with van der Waals surface area (Å²) >= 11 is 12.0. The van der Waals surface area contributed by atoms with Gasteiger partial charge in [0.1, 0.15) is 0 Å². The summed E-state index contributed by atoms with van der Waals surface area (Å²) in [6.45, 7) is 2.42. The quantitative estimate of drug-likeness (QED) is 0.302. The largest absolute Gasteiger partial charge is 0.340 e. The second kappa shape index (κ2) is 8.34. The maximum absolute atomic E-state index is 13.1. The molecule has 1 amide bonds. The fourth-order valence-corrected chi connectivity index (χ4v) is 3.88. The van der Waals surface area contributed by atoms with Crippen LogP contribution in [0.15, 0.2) is 72.8 Å². The van der Waals surface area contributed by atoms with E-state index in [1.54, 1.807) is 24.3 Å². The number of hydrogen-bond acceptors (Lipinski definition) is 2. The van der Waals surface area contributed by atoms with Crippen molar-refractivity contribution in [3.63, 3.8) is 0 Å². The van der Waals surface area contributed by atoms with Gasteiger partial charge in [-0.25, -0.2) is 0 Å². The number of Topliss-reactive ketones (excluding diaryl/α,β-unsaturated/α-hetero) is 1. The second-order valence-corrected chi connectivity index (χ2v) is 7.86. The highest BCUT2D eigenvalue weighted by molar-refractivity contribution is 6.48. The molecule has 0 unspecified atom stereocenters. The van der Waals surface area contributed by atoms with Gasteiger partial charge >= 0.3 is 0 Å². The molecule has 1 N–H and O–H groups in total. The normalized spacial score (nSPS) is 10.9. The molecule has 0 saturated heterocycles. The molecule has 4 nitrogen and oxygen atoms in total. The number of benzene rings is 3. The van der Waals surface area contributed by atoms with E-state index < -0.39 is 11.7 Å². The summed E-state index contributed by atoms with van der Waals surface area (Å²) < 4.78 is 2.04. The van der Waals surface area contributed by atoms with Gasteiger partial charge in [-0.3, -0.25) is 9.59 Å². The molecule has 150 valence electrons. The molecule has 0 radical (unpaired) electrons. The van der Waals surface area contributed by atoms with Crippen LogP contribution in [-0.4, -0.2) is 16.3 Å². The number of carbonyl (C=O) groups is 2. The topological polar surface area (TPSA) is 51.1 Å². The number of para-hydroxylation sites is 1. The summed E-state index contributed by atoms with van der Waals surface area (Å²) in [5.74, 6) is -1.28. The van der Waals surface area contributed by atoms with Crippen molar-refractivity contribution < 1.29 is 9.59 Å². The fraction of sp³-hybridized carbons (Fsp3) is 0.0833. The van der Waals surface area contributed by atoms with Gasteiger partial charge in [0.15, 0.2) is 0 Å². The van der Waals surface area contributed by atoms with Crippen LogP contribution in [0.4, 0.5) is 5.69 Å². The molecule has 0 spiro atoms. The zero-order valence-electron chi connectivity index (χ0n) is 16.2. The van der Waals surface area contributed by atoms with E-state index in [2.05, 4.69) is 5.32 Å². The first-order valence-corrected chi connectivity index (χ1v) is 10.1. The Labute approximate surface area is 184 Å². The van der Waals surface area contributed by atoms with Gasteiger partial charge in [-0.2, -0.15) is 0 Å². The Kier molecular flexibility index (Phi) is 5.62. The standard InChI is InChI=1S/C24H18Cl2N2O2/c1-15-22(23(29)24(30)27-19-6-4-5-18(26)13-19)20-7-2-3-8-21(20)28(15)14-16-9-11-17(25)12-10-16/h2-13H,14H2,1H3,(H,27,30). The predicted octanol–water partition coefficient (Wildman–Crippen LogP) is 6.13. The van der Waals surface area contributed by atoms with Crippen molar-refractivity contribution >= 4 is 51.5 Å². The molecule has 0 aliphatic carbocycles. The minimum Gasteiger partial charge on any atom is -0.340 e. The molecular formula is C24H18Cl2N2O2. The van der Waals surface area contributed by atoms with E-state index in [1.165, 1.54) is 0 Å². The van der Waals surface area contributed by atoms with E-state index in [9.17, 15) is 9.59 Å². The number of amides is 1. The van der Waals surface area contributed by atoms with Crippen LogP contribution in [0.5, 0.6) is 0 Å². The van der Waals surface area contributed by atoms with Crippen LogP contribution >= 0.6 is 23.2 Å². The molecular weight excluding hydrogens is 419 g/mol. The Morgan fingerprint density at radius 1 is 0.900 bits per heavy atom. The third-order valence-corrected chi connectivity index (χ3v) is 5.49. The first kappa shape index (κ1) is 20.2. The van der Waals surface area contributed by atoms with Crippen molar-refractivity contribution in [1.29, 1.82) is 0 Å². The van der Waals surface area contributed by atoms with Crippen molar-refractivity contribution in [2.24, 2.45) is 0 Å². The first-order chi connectivity index (χ1) is 14.4. The maximum atomic E-state index is 13.1. The highest BCUT2D eigenvalue weighted by Crippen LogP contribution is 2.28. The van der Waals surface area contributed by atoms with Crippen molar-refractivity contribution in [2.75, 3.05) is 5.32 Å². The van der Waals surface area contributed by atoms with Gasteiger partial charge in [-0.05, 0) is 48.9 Å². The highest BCUT2D eigenvalue weighted by atomic mass is 35.5. The minimum atomic E-state index is -0.699. The molecule has 0 aliphatic rings. The highest BCUT2D eigenvalue weighted by Gasteiger charge is 2.25. The number of anilines is 1. The number of hydrogen-bond donors (Lipinski definition) is 1. The van der Waals surface area contributed by atoms with Crippen molar-refractivity contribution in [3.05, 3.63) is 99.7 Å².